The summed E-state index contributed by atoms with van der Waals surface area (Å²) in [5.74, 6) is -1.62. The largest absolute Gasteiger partial charge is 0.481 e. The van der Waals surface area contributed by atoms with E-state index in [-0.39, 0.29) is 11.4 Å². The fourth-order valence-corrected chi connectivity index (χ4v) is 4.73. The number of benzene rings is 1. The monoisotopic (exact) mass is 317 g/mol. The molecule has 110 valence electrons. The van der Waals surface area contributed by atoms with Gasteiger partial charge in [0, 0.05) is 17.6 Å². The van der Waals surface area contributed by atoms with Crippen molar-refractivity contribution in [3.8, 4) is 0 Å². The minimum Gasteiger partial charge on any atom is -0.481 e. The molecular weight excluding hydrogens is 302 g/mol. The van der Waals surface area contributed by atoms with Gasteiger partial charge in [-0.25, -0.2) is 8.42 Å². The number of aryl methyl sites for hydroxylation is 1. The first-order chi connectivity index (χ1) is 9.25. The summed E-state index contributed by atoms with van der Waals surface area (Å²) in [7, 11) is -3.72. The number of hydrogen-bond donors (Lipinski definition) is 1. The fraction of sp³-hybridized carbons (Fsp3) is 0.462. The molecular formula is C13H16ClNO4S. The Morgan fingerprint density at radius 3 is 2.65 bits per heavy atom. The van der Waals surface area contributed by atoms with Gasteiger partial charge in [0.25, 0.3) is 0 Å². The number of carboxylic acid groups (broad SMARTS) is 1. The molecule has 1 aromatic rings. The Kier molecular flexibility index (Phi) is 4.09. The van der Waals surface area contributed by atoms with Gasteiger partial charge >= 0.3 is 5.97 Å². The molecule has 0 radical (unpaired) electrons. The van der Waals surface area contributed by atoms with Crippen molar-refractivity contribution in [2.75, 3.05) is 6.54 Å². The SMILES string of the molecule is Cc1ccc(Cl)cc1S(=O)(=O)N1CCC(C(=O)O)C1C. The lowest BCUT2D eigenvalue weighted by Gasteiger charge is -2.23. The average Bonchev–Trinajstić information content (AvgIpc) is 2.74. The fourth-order valence-electron chi connectivity index (χ4n) is 2.56. The highest BCUT2D eigenvalue weighted by molar-refractivity contribution is 7.89. The van der Waals surface area contributed by atoms with Crippen LogP contribution in [0.2, 0.25) is 5.02 Å². The van der Waals surface area contributed by atoms with Crippen molar-refractivity contribution in [2.24, 2.45) is 5.92 Å². The van der Waals surface area contributed by atoms with Crippen LogP contribution in [0.4, 0.5) is 0 Å². The predicted octanol–water partition coefficient (Wildman–Crippen LogP) is 2.13. The van der Waals surface area contributed by atoms with Gasteiger partial charge in [0.05, 0.1) is 10.8 Å². The van der Waals surface area contributed by atoms with Crippen LogP contribution in [0, 0.1) is 12.8 Å². The van der Waals surface area contributed by atoms with Gasteiger partial charge in [-0.1, -0.05) is 17.7 Å². The van der Waals surface area contributed by atoms with Crippen molar-refractivity contribution in [3.63, 3.8) is 0 Å². The second-order valence-electron chi connectivity index (χ2n) is 5.00. The van der Waals surface area contributed by atoms with Gasteiger partial charge in [-0.15, -0.1) is 0 Å². The van der Waals surface area contributed by atoms with E-state index in [4.69, 9.17) is 16.7 Å². The molecule has 0 aliphatic carbocycles. The summed E-state index contributed by atoms with van der Waals surface area (Å²) < 4.78 is 26.6. The molecule has 0 amide bonds. The summed E-state index contributed by atoms with van der Waals surface area (Å²) >= 11 is 5.87. The topological polar surface area (TPSA) is 74.7 Å². The van der Waals surface area contributed by atoms with Gasteiger partial charge in [-0.3, -0.25) is 4.79 Å². The number of nitrogens with zero attached hydrogens (tertiary/aromatic N) is 1. The normalized spacial score (nSPS) is 23.9. The lowest BCUT2D eigenvalue weighted by atomic mass is 10.0. The molecule has 1 N–H and O–H groups in total. The van der Waals surface area contributed by atoms with Crippen molar-refractivity contribution in [2.45, 2.75) is 31.2 Å². The van der Waals surface area contributed by atoms with E-state index in [2.05, 4.69) is 0 Å². The molecule has 0 saturated carbocycles. The van der Waals surface area contributed by atoms with E-state index in [1.807, 2.05) is 0 Å². The number of carboxylic acids is 1. The Labute approximate surface area is 123 Å². The van der Waals surface area contributed by atoms with Crippen LogP contribution in [0.3, 0.4) is 0 Å². The molecule has 1 saturated heterocycles. The van der Waals surface area contributed by atoms with Crippen molar-refractivity contribution in [1.29, 1.82) is 0 Å². The van der Waals surface area contributed by atoms with Crippen LogP contribution in [0.25, 0.3) is 0 Å². The highest BCUT2D eigenvalue weighted by atomic mass is 35.5. The molecule has 2 atom stereocenters. The summed E-state index contributed by atoms with van der Waals surface area (Å²) in [5.41, 5.74) is 0.598. The Hall–Kier alpha value is -1.11. The Morgan fingerprint density at radius 1 is 1.45 bits per heavy atom. The van der Waals surface area contributed by atoms with Gasteiger partial charge < -0.3 is 5.11 Å². The molecule has 0 aromatic heterocycles. The number of carbonyl (C=O) groups is 1. The van der Waals surface area contributed by atoms with Gasteiger partial charge in [0.2, 0.25) is 10.0 Å². The van der Waals surface area contributed by atoms with E-state index in [1.165, 1.54) is 10.4 Å². The van der Waals surface area contributed by atoms with E-state index in [0.29, 0.717) is 17.0 Å². The molecule has 1 fully saturated rings. The zero-order valence-corrected chi connectivity index (χ0v) is 12.8. The second-order valence-corrected chi connectivity index (χ2v) is 7.29. The predicted molar refractivity (Wildman–Crippen MR) is 75.3 cm³/mol. The quantitative estimate of drug-likeness (QED) is 0.926. The maximum Gasteiger partial charge on any atom is 0.308 e. The molecule has 1 heterocycles. The molecule has 20 heavy (non-hydrogen) atoms. The Balaban J connectivity index is 2.41. The highest BCUT2D eigenvalue weighted by Crippen LogP contribution is 2.32. The number of aliphatic carboxylic acids is 1. The molecule has 1 aromatic carbocycles. The van der Waals surface area contributed by atoms with Crippen LogP contribution in [-0.4, -0.2) is 36.4 Å². The van der Waals surface area contributed by atoms with E-state index in [1.54, 1.807) is 26.0 Å². The van der Waals surface area contributed by atoms with Gasteiger partial charge in [-0.05, 0) is 38.0 Å². The van der Waals surface area contributed by atoms with Gasteiger partial charge in [0.1, 0.15) is 0 Å². The maximum absolute atomic E-state index is 12.7. The van der Waals surface area contributed by atoms with Crippen LogP contribution >= 0.6 is 11.6 Å². The van der Waals surface area contributed by atoms with Gasteiger partial charge in [-0.2, -0.15) is 4.31 Å². The van der Waals surface area contributed by atoms with Crippen LogP contribution in [0.1, 0.15) is 18.9 Å². The first kappa shape index (κ1) is 15.3. The molecule has 7 heteroatoms. The minimum atomic E-state index is -3.72. The number of halogens is 1. The Morgan fingerprint density at radius 2 is 2.10 bits per heavy atom. The Bertz CT molecular complexity index is 644. The first-order valence-electron chi connectivity index (χ1n) is 6.26. The number of sulfonamides is 1. The number of rotatable bonds is 3. The zero-order chi connectivity index (χ0) is 15.1. The second kappa shape index (κ2) is 5.35. The third-order valence-corrected chi connectivity index (χ3v) is 6.11. The third-order valence-electron chi connectivity index (χ3n) is 3.75. The van der Waals surface area contributed by atoms with Gasteiger partial charge in [0.15, 0.2) is 0 Å². The molecule has 0 bridgehead atoms. The minimum absolute atomic E-state index is 0.142. The maximum atomic E-state index is 12.7. The van der Waals surface area contributed by atoms with Crippen molar-refractivity contribution in [1.82, 2.24) is 4.31 Å². The molecule has 2 unspecified atom stereocenters. The van der Waals surface area contributed by atoms with E-state index in [0.717, 1.165) is 0 Å². The molecule has 1 aliphatic heterocycles. The van der Waals surface area contributed by atoms with E-state index >= 15 is 0 Å². The van der Waals surface area contributed by atoms with E-state index < -0.39 is 28.0 Å². The number of hydrogen-bond acceptors (Lipinski definition) is 3. The van der Waals surface area contributed by atoms with Crippen molar-refractivity contribution < 1.29 is 18.3 Å². The summed E-state index contributed by atoms with van der Waals surface area (Å²) in [5, 5.41) is 9.44. The molecule has 1 aliphatic rings. The molecule has 0 spiro atoms. The van der Waals surface area contributed by atoms with Crippen molar-refractivity contribution in [3.05, 3.63) is 28.8 Å². The molecule has 5 nitrogen and oxygen atoms in total. The van der Waals surface area contributed by atoms with Crippen LogP contribution in [0.5, 0.6) is 0 Å². The first-order valence-corrected chi connectivity index (χ1v) is 8.07. The van der Waals surface area contributed by atoms with Crippen molar-refractivity contribution >= 4 is 27.6 Å². The third kappa shape index (κ3) is 2.55. The molecule has 2 rings (SSSR count). The smallest absolute Gasteiger partial charge is 0.308 e. The summed E-state index contributed by atoms with van der Waals surface area (Å²) in [4.78, 5) is 11.2. The average molecular weight is 318 g/mol. The lowest BCUT2D eigenvalue weighted by Crippen LogP contribution is -2.37. The lowest BCUT2D eigenvalue weighted by molar-refractivity contribution is -0.142. The standard InChI is InChI=1S/C13H16ClNO4S/c1-8-3-4-10(14)7-12(8)20(18,19)15-6-5-11(9(15)2)13(16)17/h3-4,7,9,11H,5-6H2,1-2H3,(H,16,17). The summed E-state index contributed by atoms with van der Waals surface area (Å²) in [6.45, 7) is 3.54. The highest BCUT2D eigenvalue weighted by Gasteiger charge is 2.42. The summed E-state index contributed by atoms with van der Waals surface area (Å²) in [6.07, 6.45) is 0.329. The van der Waals surface area contributed by atoms with Crippen LogP contribution in [-0.2, 0) is 14.8 Å². The zero-order valence-electron chi connectivity index (χ0n) is 11.2. The van der Waals surface area contributed by atoms with Crippen LogP contribution < -0.4 is 0 Å². The van der Waals surface area contributed by atoms with Crippen LogP contribution in [0.15, 0.2) is 23.1 Å². The van der Waals surface area contributed by atoms with E-state index in [9.17, 15) is 13.2 Å². The summed E-state index contributed by atoms with van der Waals surface area (Å²) in [6, 6.07) is 4.12.